The summed E-state index contributed by atoms with van der Waals surface area (Å²) in [5, 5.41) is 3.24. The fourth-order valence-electron chi connectivity index (χ4n) is 2.13. The number of ether oxygens (including phenoxy) is 1. The summed E-state index contributed by atoms with van der Waals surface area (Å²) in [5.41, 5.74) is 1.66. The molecule has 1 fully saturated rings. The zero-order chi connectivity index (χ0) is 12.3. The number of hydrogen-bond acceptors (Lipinski definition) is 3. The maximum absolute atomic E-state index is 12.3. The number of para-hydroxylation sites is 1. The van der Waals surface area contributed by atoms with Gasteiger partial charge < -0.3 is 15.0 Å². The van der Waals surface area contributed by atoms with Crippen molar-refractivity contribution in [2.75, 3.05) is 33.3 Å². The van der Waals surface area contributed by atoms with Gasteiger partial charge in [-0.05, 0) is 18.6 Å². The second-order valence-corrected chi connectivity index (χ2v) is 4.20. The molecule has 17 heavy (non-hydrogen) atoms. The van der Waals surface area contributed by atoms with Crippen LogP contribution in [0.5, 0.6) is 5.75 Å². The lowest BCUT2D eigenvalue weighted by Crippen LogP contribution is -2.46. The van der Waals surface area contributed by atoms with Crippen LogP contribution in [0.1, 0.15) is 15.9 Å². The number of benzene rings is 1. The summed E-state index contributed by atoms with van der Waals surface area (Å²) in [6, 6.07) is 5.68. The van der Waals surface area contributed by atoms with Gasteiger partial charge in [-0.25, -0.2) is 0 Å². The van der Waals surface area contributed by atoms with Crippen LogP contribution < -0.4 is 10.1 Å². The van der Waals surface area contributed by atoms with Crippen LogP contribution in [-0.4, -0.2) is 44.1 Å². The van der Waals surface area contributed by atoms with Crippen LogP contribution in [0.4, 0.5) is 0 Å². The number of amides is 1. The van der Waals surface area contributed by atoms with Crippen LogP contribution in [-0.2, 0) is 0 Å². The molecule has 1 N–H and O–H groups in total. The van der Waals surface area contributed by atoms with Crippen molar-refractivity contribution in [1.82, 2.24) is 10.2 Å². The van der Waals surface area contributed by atoms with E-state index < -0.39 is 0 Å². The lowest BCUT2D eigenvalue weighted by Gasteiger charge is -2.28. The van der Waals surface area contributed by atoms with E-state index in [0.29, 0.717) is 11.3 Å². The maximum Gasteiger partial charge on any atom is 0.257 e. The van der Waals surface area contributed by atoms with Gasteiger partial charge in [0, 0.05) is 26.2 Å². The van der Waals surface area contributed by atoms with E-state index in [1.54, 1.807) is 7.11 Å². The molecule has 1 saturated heterocycles. The SMILES string of the molecule is COc1c(C)cccc1C(=O)N1CCNCC1. The molecule has 1 aromatic rings. The van der Waals surface area contributed by atoms with Crippen molar-refractivity contribution in [3.63, 3.8) is 0 Å². The van der Waals surface area contributed by atoms with E-state index in [2.05, 4.69) is 5.32 Å². The van der Waals surface area contributed by atoms with Gasteiger partial charge in [0.2, 0.25) is 0 Å². The number of rotatable bonds is 2. The molecule has 0 aliphatic carbocycles. The zero-order valence-electron chi connectivity index (χ0n) is 10.3. The summed E-state index contributed by atoms with van der Waals surface area (Å²) in [4.78, 5) is 14.2. The van der Waals surface area contributed by atoms with Crippen LogP contribution >= 0.6 is 0 Å². The highest BCUT2D eigenvalue weighted by molar-refractivity contribution is 5.97. The highest BCUT2D eigenvalue weighted by atomic mass is 16.5. The molecule has 4 nitrogen and oxygen atoms in total. The van der Waals surface area contributed by atoms with Crippen molar-refractivity contribution in [2.45, 2.75) is 6.92 Å². The monoisotopic (exact) mass is 234 g/mol. The Kier molecular flexibility index (Phi) is 3.64. The molecule has 0 saturated carbocycles. The molecule has 1 aliphatic rings. The summed E-state index contributed by atoms with van der Waals surface area (Å²) in [6.07, 6.45) is 0. The molecule has 0 unspecified atom stereocenters. The molecule has 0 spiro atoms. The molecule has 1 amide bonds. The minimum atomic E-state index is 0.0621. The molecule has 2 rings (SSSR count). The standard InChI is InChI=1S/C13H18N2O2/c1-10-4-3-5-11(12(10)17-2)13(16)15-8-6-14-7-9-15/h3-5,14H,6-9H2,1-2H3. The summed E-state index contributed by atoms with van der Waals surface area (Å²) >= 11 is 0. The summed E-state index contributed by atoms with van der Waals surface area (Å²) < 4.78 is 5.32. The Morgan fingerprint density at radius 2 is 2.06 bits per heavy atom. The third-order valence-corrected chi connectivity index (χ3v) is 3.05. The van der Waals surface area contributed by atoms with E-state index in [1.165, 1.54) is 0 Å². The van der Waals surface area contributed by atoms with Gasteiger partial charge in [0.15, 0.2) is 0 Å². The Balaban J connectivity index is 2.26. The Hall–Kier alpha value is -1.55. The molecule has 1 aromatic carbocycles. The van der Waals surface area contributed by atoms with Crippen molar-refractivity contribution in [3.05, 3.63) is 29.3 Å². The minimum Gasteiger partial charge on any atom is -0.496 e. The van der Waals surface area contributed by atoms with E-state index >= 15 is 0 Å². The van der Waals surface area contributed by atoms with Crippen molar-refractivity contribution in [1.29, 1.82) is 0 Å². The Morgan fingerprint density at radius 1 is 1.35 bits per heavy atom. The molecule has 0 atom stereocenters. The van der Waals surface area contributed by atoms with Gasteiger partial charge in [0.25, 0.3) is 5.91 Å². The van der Waals surface area contributed by atoms with Gasteiger partial charge in [-0.1, -0.05) is 12.1 Å². The van der Waals surface area contributed by atoms with Crippen LogP contribution in [0.15, 0.2) is 18.2 Å². The lowest BCUT2D eigenvalue weighted by atomic mass is 10.1. The molecule has 0 radical (unpaired) electrons. The van der Waals surface area contributed by atoms with Crippen LogP contribution in [0.2, 0.25) is 0 Å². The fourth-order valence-corrected chi connectivity index (χ4v) is 2.13. The largest absolute Gasteiger partial charge is 0.496 e. The summed E-state index contributed by atoms with van der Waals surface area (Å²) in [7, 11) is 1.61. The Bertz CT molecular complexity index is 412. The fraction of sp³-hybridized carbons (Fsp3) is 0.462. The Labute approximate surface area is 102 Å². The number of carbonyl (C=O) groups is 1. The normalized spacial score (nSPS) is 15.8. The second-order valence-electron chi connectivity index (χ2n) is 4.20. The highest BCUT2D eigenvalue weighted by Crippen LogP contribution is 2.24. The number of carbonyl (C=O) groups excluding carboxylic acids is 1. The van der Waals surface area contributed by atoms with Crippen LogP contribution in [0.25, 0.3) is 0 Å². The average molecular weight is 234 g/mol. The molecule has 1 aliphatic heterocycles. The lowest BCUT2D eigenvalue weighted by molar-refractivity contribution is 0.0732. The Morgan fingerprint density at radius 3 is 2.71 bits per heavy atom. The minimum absolute atomic E-state index is 0.0621. The number of hydrogen-bond donors (Lipinski definition) is 1. The maximum atomic E-state index is 12.3. The second kappa shape index (κ2) is 5.19. The highest BCUT2D eigenvalue weighted by Gasteiger charge is 2.21. The van der Waals surface area contributed by atoms with E-state index in [4.69, 9.17) is 4.74 Å². The number of aryl methyl sites for hydroxylation is 1. The molecule has 0 aromatic heterocycles. The van der Waals surface area contributed by atoms with Crippen molar-refractivity contribution in [3.8, 4) is 5.75 Å². The van der Waals surface area contributed by atoms with Crippen LogP contribution in [0, 0.1) is 6.92 Å². The van der Waals surface area contributed by atoms with Gasteiger partial charge >= 0.3 is 0 Å². The third-order valence-electron chi connectivity index (χ3n) is 3.05. The number of methoxy groups -OCH3 is 1. The average Bonchev–Trinajstić information content (AvgIpc) is 2.38. The van der Waals surface area contributed by atoms with E-state index in [9.17, 15) is 4.79 Å². The van der Waals surface area contributed by atoms with Gasteiger partial charge in [0.1, 0.15) is 5.75 Å². The first kappa shape index (κ1) is 11.9. The van der Waals surface area contributed by atoms with Crippen molar-refractivity contribution in [2.24, 2.45) is 0 Å². The first-order valence-electron chi connectivity index (χ1n) is 5.87. The van der Waals surface area contributed by atoms with E-state index in [-0.39, 0.29) is 5.91 Å². The van der Waals surface area contributed by atoms with Crippen molar-refractivity contribution >= 4 is 5.91 Å². The molecule has 0 bridgehead atoms. The number of nitrogens with zero attached hydrogens (tertiary/aromatic N) is 1. The van der Waals surface area contributed by atoms with Gasteiger partial charge in [0.05, 0.1) is 12.7 Å². The van der Waals surface area contributed by atoms with Crippen molar-refractivity contribution < 1.29 is 9.53 Å². The molecular weight excluding hydrogens is 216 g/mol. The first-order chi connectivity index (χ1) is 8.24. The number of piperazine rings is 1. The molecule has 4 heteroatoms. The molecule has 92 valence electrons. The summed E-state index contributed by atoms with van der Waals surface area (Å²) in [6.45, 7) is 5.19. The molecule has 1 heterocycles. The predicted molar refractivity (Wildman–Crippen MR) is 66.5 cm³/mol. The predicted octanol–water partition coefficient (Wildman–Crippen LogP) is 1.05. The zero-order valence-corrected chi connectivity index (χ0v) is 10.3. The van der Waals surface area contributed by atoms with Gasteiger partial charge in [-0.3, -0.25) is 4.79 Å². The number of nitrogens with one attached hydrogen (secondary N) is 1. The quantitative estimate of drug-likeness (QED) is 0.831. The van der Waals surface area contributed by atoms with Gasteiger partial charge in [-0.15, -0.1) is 0 Å². The smallest absolute Gasteiger partial charge is 0.257 e. The topological polar surface area (TPSA) is 41.6 Å². The van der Waals surface area contributed by atoms with E-state index in [1.807, 2.05) is 30.0 Å². The first-order valence-corrected chi connectivity index (χ1v) is 5.87. The van der Waals surface area contributed by atoms with Gasteiger partial charge in [-0.2, -0.15) is 0 Å². The van der Waals surface area contributed by atoms with Crippen LogP contribution in [0.3, 0.4) is 0 Å². The molecular formula is C13H18N2O2. The van der Waals surface area contributed by atoms with E-state index in [0.717, 1.165) is 31.7 Å². The third kappa shape index (κ3) is 2.42. The summed E-state index contributed by atoms with van der Waals surface area (Å²) in [5.74, 6) is 0.753.